The Morgan fingerprint density at radius 1 is 1.12 bits per heavy atom. The van der Waals surface area contributed by atoms with Crippen molar-refractivity contribution in [1.82, 2.24) is 15.4 Å². The SMILES string of the molecule is COc1cc(/C=N\NC(=O)CCc2nc3ccccc3[nH]2)ccc1OCc1ccccc1Cl. The lowest BCUT2D eigenvalue weighted by atomic mass is 10.2. The summed E-state index contributed by atoms with van der Waals surface area (Å²) in [5.41, 5.74) is 6.03. The monoisotopic (exact) mass is 462 g/mol. The first-order valence-corrected chi connectivity index (χ1v) is 10.8. The van der Waals surface area contributed by atoms with Crippen LogP contribution < -0.4 is 14.9 Å². The van der Waals surface area contributed by atoms with E-state index < -0.39 is 0 Å². The maximum atomic E-state index is 12.1. The van der Waals surface area contributed by atoms with E-state index in [1.165, 1.54) is 0 Å². The third kappa shape index (κ3) is 5.90. The maximum Gasteiger partial charge on any atom is 0.240 e. The number of para-hydroxylation sites is 2. The zero-order valence-corrected chi connectivity index (χ0v) is 18.8. The van der Waals surface area contributed by atoms with Crippen molar-refractivity contribution in [3.05, 3.63) is 88.7 Å². The van der Waals surface area contributed by atoms with E-state index in [0.29, 0.717) is 29.5 Å². The Labute approximate surface area is 196 Å². The van der Waals surface area contributed by atoms with E-state index in [4.69, 9.17) is 21.1 Å². The number of imidazole rings is 1. The van der Waals surface area contributed by atoms with Gasteiger partial charge < -0.3 is 14.5 Å². The number of rotatable bonds is 9. The molecule has 33 heavy (non-hydrogen) atoms. The predicted octanol–water partition coefficient (Wildman–Crippen LogP) is 4.89. The molecule has 168 valence electrons. The molecule has 0 aliphatic carbocycles. The van der Waals surface area contributed by atoms with Gasteiger partial charge in [-0.3, -0.25) is 4.79 Å². The topological polar surface area (TPSA) is 88.6 Å². The molecule has 0 radical (unpaired) electrons. The van der Waals surface area contributed by atoms with Gasteiger partial charge in [-0.05, 0) is 42.0 Å². The Kier molecular flexibility index (Phi) is 7.22. The number of hydrogen-bond donors (Lipinski definition) is 2. The number of benzene rings is 3. The van der Waals surface area contributed by atoms with Gasteiger partial charge in [0.1, 0.15) is 12.4 Å². The standard InChI is InChI=1S/C25H23ClN4O3/c1-32-23-14-17(10-11-22(23)33-16-18-6-2-3-7-19(18)26)15-27-30-25(31)13-12-24-28-20-8-4-5-9-21(20)29-24/h2-11,14-15H,12-13,16H2,1H3,(H,28,29)(H,30,31)/b27-15-. The van der Waals surface area contributed by atoms with Crippen molar-refractivity contribution in [1.29, 1.82) is 0 Å². The van der Waals surface area contributed by atoms with Gasteiger partial charge in [0.2, 0.25) is 5.91 Å². The molecule has 0 saturated heterocycles. The van der Waals surface area contributed by atoms with Gasteiger partial charge in [0.15, 0.2) is 11.5 Å². The molecule has 0 saturated carbocycles. The molecule has 4 rings (SSSR count). The number of amides is 1. The molecule has 0 aliphatic heterocycles. The lowest BCUT2D eigenvalue weighted by molar-refractivity contribution is -0.121. The highest BCUT2D eigenvalue weighted by Crippen LogP contribution is 2.29. The smallest absolute Gasteiger partial charge is 0.240 e. The van der Waals surface area contributed by atoms with Crippen molar-refractivity contribution >= 4 is 34.8 Å². The van der Waals surface area contributed by atoms with Crippen LogP contribution >= 0.6 is 11.6 Å². The number of carbonyl (C=O) groups is 1. The largest absolute Gasteiger partial charge is 0.493 e. The van der Waals surface area contributed by atoms with Gasteiger partial charge >= 0.3 is 0 Å². The average Bonchev–Trinajstić information content (AvgIpc) is 3.26. The van der Waals surface area contributed by atoms with Crippen LogP contribution in [0.2, 0.25) is 5.02 Å². The van der Waals surface area contributed by atoms with Crippen LogP contribution in [-0.2, 0) is 17.8 Å². The van der Waals surface area contributed by atoms with Gasteiger partial charge in [0.05, 0.1) is 24.4 Å². The molecular formula is C25H23ClN4O3. The van der Waals surface area contributed by atoms with Gasteiger partial charge in [-0.15, -0.1) is 0 Å². The number of aromatic amines is 1. The summed E-state index contributed by atoms with van der Waals surface area (Å²) in [7, 11) is 1.57. The zero-order chi connectivity index (χ0) is 23.0. The van der Waals surface area contributed by atoms with Crippen LogP contribution in [-0.4, -0.2) is 29.2 Å². The van der Waals surface area contributed by atoms with Crippen LogP contribution in [0.5, 0.6) is 11.5 Å². The molecule has 4 aromatic rings. The first kappa shape index (κ1) is 22.4. The Balaban J connectivity index is 1.30. The molecular weight excluding hydrogens is 440 g/mol. The summed E-state index contributed by atoms with van der Waals surface area (Å²) in [5.74, 6) is 1.72. The van der Waals surface area contributed by atoms with Crippen LogP contribution in [0.4, 0.5) is 0 Å². The molecule has 8 heteroatoms. The molecule has 2 N–H and O–H groups in total. The zero-order valence-electron chi connectivity index (χ0n) is 18.0. The molecule has 0 unspecified atom stereocenters. The first-order valence-electron chi connectivity index (χ1n) is 10.4. The van der Waals surface area contributed by atoms with E-state index in [1.807, 2.05) is 54.6 Å². The van der Waals surface area contributed by atoms with Gasteiger partial charge in [-0.1, -0.05) is 41.9 Å². The van der Waals surface area contributed by atoms with Crippen molar-refractivity contribution in [2.24, 2.45) is 5.10 Å². The van der Waals surface area contributed by atoms with Crippen molar-refractivity contribution in [3.63, 3.8) is 0 Å². The molecule has 0 spiro atoms. The predicted molar refractivity (Wildman–Crippen MR) is 129 cm³/mol. The first-order chi connectivity index (χ1) is 16.1. The number of aromatic nitrogens is 2. The molecule has 1 aromatic heterocycles. The summed E-state index contributed by atoms with van der Waals surface area (Å²) in [6, 6.07) is 20.7. The highest BCUT2D eigenvalue weighted by molar-refractivity contribution is 6.31. The number of nitrogens with zero attached hydrogens (tertiary/aromatic N) is 2. The summed E-state index contributed by atoms with van der Waals surface area (Å²) >= 11 is 6.18. The van der Waals surface area contributed by atoms with Crippen LogP contribution in [0.1, 0.15) is 23.4 Å². The minimum Gasteiger partial charge on any atom is -0.493 e. The summed E-state index contributed by atoms with van der Waals surface area (Å²) in [4.78, 5) is 19.8. The van der Waals surface area contributed by atoms with E-state index >= 15 is 0 Å². The number of fused-ring (bicyclic) bond motifs is 1. The van der Waals surface area contributed by atoms with Crippen molar-refractivity contribution in [2.75, 3.05) is 7.11 Å². The second kappa shape index (κ2) is 10.7. The Morgan fingerprint density at radius 3 is 2.76 bits per heavy atom. The fourth-order valence-corrected chi connectivity index (χ4v) is 3.44. The second-order valence-electron chi connectivity index (χ2n) is 7.28. The number of hydrogen-bond acceptors (Lipinski definition) is 5. The number of ether oxygens (including phenoxy) is 2. The molecule has 0 aliphatic rings. The highest BCUT2D eigenvalue weighted by atomic mass is 35.5. The average molecular weight is 463 g/mol. The van der Waals surface area contributed by atoms with Crippen LogP contribution in [0, 0.1) is 0 Å². The van der Waals surface area contributed by atoms with Crippen molar-refractivity contribution in [2.45, 2.75) is 19.4 Å². The van der Waals surface area contributed by atoms with Gasteiger partial charge in [0, 0.05) is 23.4 Å². The molecule has 1 heterocycles. The van der Waals surface area contributed by atoms with Gasteiger partial charge in [0.25, 0.3) is 0 Å². The third-order valence-corrected chi connectivity index (χ3v) is 5.33. The molecule has 7 nitrogen and oxygen atoms in total. The Hall–Kier alpha value is -3.84. The van der Waals surface area contributed by atoms with Crippen LogP contribution in [0.25, 0.3) is 11.0 Å². The highest BCUT2D eigenvalue weighted by Gasteiger charge is 2.08. The number of halogens is 1. The lowest BCUT2D eigenvalue weighted by Crippen LogP contribution is -2.18. The number of methoxy groups -OCH3 is 1. The summed E-state index contributed by atoms with van der Waals surface area (Å²) in [5, 5.41) is 4.69. The van der Waals surface area contributed by atoms with E-state index in [-0.39, 0.29) is 12.3 Å². The number of H-pyrrole nitrogens is 1. The fourth-order valence-electron chi connectivity index (χ4n) is 3.25. The number of nitrogens with one attached hydrogen (secondary N) is 2. The number of hydrazone groups is 1. The van der Waals surface area contributed by atoms with Crippen molar-refractivity contribution in [3.8, 4) is 11.5 Å². The normalized spacial score (nSPS) is 11.1. The summed E-state index contributed by atoms with van der Waals surface area (Å²) < 4.78 is 11.3. The van der Waals surface area contributed by atoms with Gasteiger partial charge in [-0.25, -0.2) is 10.4 Å². The fraction of sp³-hybridized carbons (Fsp3) is 0.160. The third-order valence-electron chi connectivity index (χ3n) is 4.96. The summed E-state index contributed by atoms with van der Waals surface area (Å²) in [6.07, 6.45) is 2.33. The minimum atomic E-state index is -0.196. The Morgan fingerprint density at radius 2 is 1.94 bits per heavy atom. The summed E-state index contributed by atoms with van der Waals surface area (Å²) in [6.45, 7) is 0.324. The van der Waals surface area contributed by atoms with Gasteiger partial charge in [-0.2, -0.15) is 5.10 Å². The molecule has 0 fully saturated rings. The van der Waals surface area contributed by atoms with Crippen molar-refractivity contribution < 1.29 is 14.3 Å². The second-order valence-corrected chi connectivity index (χ2v) is 7.69. The number of carbonyl (C=O) groups excluding carboxylic acids is 1. The van der Waals surface area contributed by atoms with E-state index in [2.05, 4.69) is 20.5 Å². The molecule has 0 bridgehead atoms. The minimum absolute atomic E-state index is 0.196. The van der Waals surface area contributed by atoms with E-state index in [1.54, 1.807) is 25.5 Å². The van der Waals surface area contributed by atoms with Crippen LogP contribution in [0.15, 0.2) is 71.8 Å². The Bertz CT molecular complexity index is 1250. The number of aryl methyl sites for hydroxylation is 1. The lowest BCUT2D eigenvalue weighted by Gasteiger charge is -2.12. The quantitative estimate of drug-likeness (QED) is 0.274. The molecule has 0 atom stereocenters. The maximum absolute atomic E-state index is 12.1. The van der Waals surface area contributed by atoms with E-state index in [9.17, 15) is 4.79 Å². The van der Waals surface area contributed by atoms with Crippen LogP contribution in [0.3, 0.4) is 0 Å². The molecule has 1 amide bonds. The van der Waals surface area contributed by atoms with E-state index in [0.717, 1.165) is 28.0 Å². The molecule has 3 aromatic carbocycles.